The van der Waals surface area contributed by atoms with Crippen molar-refractivity contribution < 1.29 is 0 Å². The van der Waals surface area contributed by atoms with Gasteiger partial charge in [0.05, 0.1) is 28.2 Å². The molecule has 0 aliphatic rings. The summed E-state index contributed by atoms with van der Waals surface area (Å²) >= 11 is 12.3. The van der Waals surface area contributed by atoms with E-state index < -0.39 is 0 Å². The minimum atomic E-state index is 0.225. The normalized spacial score (nSPS) is 10.8. The Kier molecular flexibility index (Phi) is 3.54. The van der Waals surface area contributed by atoms with Crippen LogP contribution >= 0.6 is 23.2 Å². The predicted molar refractivity (Wildman–Crippen MR) is 82.9 cm³/mol. The van der Waals surface area contributed by atoms with E-state index in [9.17, 15) is 0 Å². The summed E-state index contributed by atoms with van der Waals surface area (Å²) < 4.78 is 1.80. The van der Waals surface area contributed by atoms with Gasteiger partial charge in [0.1, 0.15) is 11.3 Å². The van der Waals surface area contributed by atoms with Crippen LogP contribution in [0.4, 0.5) is 0 Å². The van der Waals surface area contributed by atoms with Crippen molar-refractivity contribution in [2.45, 2.75) is 12.8 Å². The van der Waals surface area contributed by atoms with Crippen molar-refractivity contribution in [3.63, 3.8) is 0 Å². The Morgan fingerprint density at radius 2 is 2.14 bits per heavy atom. The van der Waals surface area contributed by atoms with Crippen LogP contribution in [-0.4, -0.2) is 14.5 Å². The zero-order valence-corrected chi connectivity index (χ0v) is 12.7. The molecule has 6 heteroatoms. The van der Waals surface area contributed by atoms with Crippen molar-refractivity contribution in [2.75, 3.05) is 0 Å². The second kappa shape index (κ2) is 5.36. The molecule has 0 N–H and O–H groups in total. The van der Waals surface area contributed by atoms with E-state index in [2.05, 4.69) is 16.0 Å². The lowest BCUT2D eigenvalue weighted by Gasteiger charge is -2.09. The summed E-state index contributed by atoms with van der Waals surface area (Å²) in [6, 6.07) is 9.11. The summed E-state index contributed by atoms with van der Waals surface area (Å²) in [5, 5.41) is 9.58. The molecule has 0 aliphatic carbocycles. The van der Waals surface area contributed by atoms with Gasteiger partial charge in [-0.05, 0) is 36.8 Å². The predicted octanol–water partition coefficient (Wildman–Crippen LogP) is 3.99. The van der Waals surface area contributed by atoms with E-state index >= 15 is 0 Å². The first kappa shape index (κ1) is 13.9. The molecule has 0 aliphatic heterocycles. The SMILES string of the molecule is Cc1cnc2c(c1)nc(CCl)n2-c1cc(C#N)ccc1Cl. The van der Waals surface area contributed by atoms with Gasteiger partial charge in [-0.25, -0.2) is 9.97 Å². The van der Waals surface area contributed by atoms with E-state index in [1.807, 2.05) is 13.0 Å². The van der Waals surface area contributed by atoms with Crippen molar-refractivity contribution in [2.24, 2.45) is 0 Å². The number of pyridine rings is 1. The first-order chi connectivity index (χ1) is 10.1. The van der Waals surface area contributed by atoms with E-state index in [1.165, 1.54) is 0 Å². The van der Waals surface area contributed by atoms with Crippen LogP contribution in [0.5, 0.6) is 0 Å². The van der Waals surface area contributed by atoms with E-state index in [0.29, 0.717) is 27.7 Å². The number of benzene rings is 1. The average molecular weight is 317 g/mol. The fourth-order valence-corrected chi connectivity index (χ4v) is 2.59. The average Bonchev–Trinajstić information content (AvgIpc) is 2.85. The minimum absolute atomic E-state index is 0.225. The van der Waals surface area contributed by atoms with Crippen LogP contribution < -0.4 is 0 Å². The Hall–Kier alpha value is -2.09. The highest BCUT2D eigenvalue weighted by atomic mass is 35.5. The van der Waals surface area contributed by atoms with Gasteiger partial charge in [0.15, 0.2) is 5.65 Å². The Bertz CT molecular complexity index is 877. The summed E-state index contributed by atoms with van der Waals surface area (Å²) in [5.74, 6) is 0.865. The Balaban J connectivity index is 2.36. The van der Waals surface area contributed by atoms with Crippen molar-refractivity contribution >= 4 is 34.4 Å². The molecule has 0 radical (unpaired) electrons. The van der Waals surface area contributed by atoms with Gasteiger partial charge in [0.2, 0.25) is 0 Å². The van der Waals surface area contributed by atoms with Crippen LogP contribution in [0.3, 0.4) is 0 Å². The monoisotopic (exact) mass is 316 g/mol. The van der Waals surface area contributed by atoms with Gasteiger partial charge in [-0.1, -0.05) is 11.6 Å². The maximum Gasteiger partial charge on any atom is 0.164 e. The molecule has 0 bridgehead atoms. The summed E-state index contributed by atoms with van der Waals surface area (Å²) in [4.78, 5) is 8.91. The van der Waals surface area contributed by atoms with E-state index in [0.717, 1.165) is 11.1 Å². The number of nitrogens with zero attached hydrogens (tertiary/aromatic N) is 4. The van der Waals surface area contributed by atoms with E-state index in [1.54, 1.807) is 29.0 Å². The number of imidazole rings is 1. The fraction of sp³-hybridized carbons (Fsp3) is 0.133. The molecule has 0 fully saturated rings. The number of aryl methyl sites for hydroxylation is 1. The molecule has 104 valence electrons. The number of hydrogen-bond acceptors (Lipinski definition) is 3. The van der Waals surface area contributed by atoms with Crippen LogP contribution in [-0.2, 0) is 5.88 Å². The Labute approximate surface area is 131 Å². The van der Waals surface area contributed by atoms with Gasteiger partial charge < -0.3 is 0 Å². The van der Waals surface area contributed by atoms with Crippen molar-refractivity contribution in [1.29, 1.82) is 5.26 Å². The molecule has 1 aromatic carbocycles. The smallest absolute Gasteiger partial charge is 0.164 e. The molecule has 4 nitrogen and oxygen atoms in total. The maximum atomic E-state index is 9.07. The van der Waals surface area contributed by atoms with Crippen LogP contribution in [0, 0.1) is 18.3 Å². The molecule has 3 aromatic rings. The lowest BCUT2D eigenvalue weighted by atomic mass is 10.2. The molecule has 0 spiro atoms. The van der Waals surface area contributed by atoms with Crippen LogP contribution in [0.2, 0.25) is 5.02 Å². The standard InChI is InChI=1S/C15H10Cl2N4/c1-9-4-12-15(19-8-9)21(14(6-16)20-12)13-5-10(7-18)2-3-11(13)17/h2-5,8H,6H2,1H3. The zero-order valence-electron chi connectivity index (χ0n) is 11.1. The number of nitriles is 1. The molecule has 0 saturated heterocycles. The highest BCUT2D eigenvalue weighted by Gasteiger charge is 2.15. The molecular weight excluding hydrogens is 307 g/mol. The van der Waals surface area contributed by atoms with Crippen molar-refractivity contribution in [1.82, 2.24) is 14.5 Å². The third-order valence-electron chi connectivity index (χ3n) is 3.14. The largest absolute Gasteiger partial charge is 0.278 e. The highest BCUT2D eigenvalue weighted by molar-refractivity contribution is 6.32. The number of aromatic nitrogens is 3. The first-order valence-electron chi connectivity index (χ1n) is 6.24. The summed E-state index contributed by atoms with van der Waals surface area (Å²) in [5.41, 5.74) is 3.62. The second-order valence-electron chi connectivity index (χ2n) is 4.63. The highest BCUT2D eigenvalue weighted by Crippen LogP contribution is 2.27. The van der Waals surface area contributed by atoms with Gasteiger partial charge in [-0.3, -0.25) is 4.57 Å². The Morgan fingerprint density at radius 1 is 1.33 bits per heavy atom. The van der Waals surface area contributed by atoms with Crippen LogP contribution in [0.1, 0.15) is 17.0 Å². The van der Waals surface area contributed by atoms with Crippen LogP contribution in [0.15, 0.2) is 30.5 Å². The topological polar surface area (TPSA) is 54.5 Å². The summed E-state index contributed by atoms with van der Waals surface area (Å²) in [7, 11) is 0. The number of rotatable bonds is 2. The van der Waals surface area contributed by atoms with Gasteiger partial charge in [0, 0.05) is 6.20 Å². The summed E-state index contributed by atoms with van der Waals surface area (Å²) in [6.45, 7) is 1.95. The molecular formula is C15H10Cl2N4. The zero-order chi connectivity index (χ0) is 15.0. The number of fused-ring (bicyclic) bond motifs is 1. The van der Waals surface area contributed by atoms with Gasteiger partial charge >= 0.3 is 0 Å². The van der Waals surface area contributed by atoms with Gasteiger partial charge in [-0.15, -0.1) is 11.6 Å². The minimum Gasteiger partial charge on any atom is -0.278 e. The quantitative estimate of drug-likeness (QED) is 0.672. The number of halogens is 2. The molecule has 3 rings (SSSR count). The van der Waals surface area contributed by atoms with Gasteiger partial charge in [0.25, 0.3) is 0 Å². The lowest BCUT2D eigenvalue weighted by molar-refractivity contribution is 0.969. The molecule has 2 heterocycles. The van der Waals surface area contributed by atoms with Crippen LogP contribution in [0.25, 0.3) is 16.9 Å². The van der Waals surface area contributed by atoms with Gasteiger partial charge in [-0.2, -0.15) is 5.26 Å². The molecule has 0 amide bonds. The molecule has 21 heavy (non-hydrogen) atoms. The van der Waals surface area contributed by atoms with Crippen molar-refractivity contribution in [3.8, 4) is 11.8 Å². The first-order valence-corrected chi connectivity index (χ1v) is 7.15. The fourth-order valence-electron chi connectivity index (χ4n) is 2.21. The maximum absolute atomic E-state index is 9.07. The number of hydrogen-bond donors (Lipinski definition) is 0. The number of alkyl halides is 1. The molecule has 0 saturated carbocycles. The summed E-state index contributed by atoms with van der Waals surface area (Å²) in [6.07, 6.45) is 1.76. The third kappa shape index (κ3) is 2.35. The lowest BCUT2D eigenvalue weighted by Crippen LogP contribution is -2.01. The molecule has 0 atom stereocenters. The molecule has 2 aromatic heterocycles. The van der Waals surface area contributed by atoms with E-state index in [-0.39, 0.29) is 5.88 Å². The van der Waals surface area contributed by atoms with E-state index in [4.69, 9.17) is 28.5 Å². The Morgan fingerprint density at radius 3 is 2.86 bits per heavy atom. The molecule has 0 unspecified atom stereocenters. The third-order valence-corrected chi connectivity index (χ3v) is 3.70. The second-order valence-corrected chi connectivity index (χ2v) is 5.30. The van der Waals surface area contributed by atoms with Crippen molar-refractivity contribution in [3.05, 3.63) is 52.4 Å².